The number of carbonyl (C=O) groups excluding carboxylic acids is 1. The second-order valence-corrected chi connectivity index (χ2v) is 7.69. The average Bonchev–Trinajstić information content (AvgIpc) is 3.36. The van der Waals surface area contributed by atoms with Crippen molar-refractivity contribution in [3.8, 4) is 5.75 Å². The van der Waals surface area contributed by atoms with Crippen molar-refractivity contribution in [2.45, 2.75) is 24.7 Å². The Morgan fingerprint density at radius 1 is 1.21 bits per heavy atom. The Balaban J connectivity index is 0.00000225. The quantitative estimate of drug-likeness (QED) is 0.850. The number of halogens is 1. The number of rotatable bonds is 4. The van der Waals surface area contributed by atoms with Crippen LogP contribution in [-0.4, -0.2) is 53.9 Å². The van der Waals surface area contributed by atoms with E-state index in [1.807, 2.05) is 36.3 Å². The fourth-order valence-corrected chi connectivity index (χ4v) is 4.48. The van der Waals surface area contributed by atoms with Crippen molar-refractivity contribution >= 4 is 18.3 Å². The van der Waals surface area contributed by atoms with E-state index < -0.39 is 0 Å². The summed E-state index contributed by atoms with van der Waals surface area (Å²) in [6.45, 7) is 3.27. The number of carbonyl (C=O) groups is 1. The fraction of sp³-hybridized carbons (Fsp3) is 0.524. The molecule has 2 aliphatic rings. The first kappa shape index (κ1) is 20.7. The molecule has 2 atom stereocenters. The molecular weight excluding hydrogens is 376 g/mol. The molecule has 1 amide bonds. The molecule has 0 spiro atoms. The van der Waals surface area contributed by atoms with Crippen LogP contribution in [0.2, 0.25) is 0 Å². The second-order valence-electron chi connectivity index (χ2n) is 7.69. The number of benzene rings is 1. The third-order valence-electron chi connectivity index (χ3n) is 6.06. The van der Waals surface area contributed by atoms with Crippen LogP contribution in [0.1, 0.15) is 35.8 Å². The molecule has 2 aromatic rings. The molecule has 6 nitrogen and oxygen atoms in total. The predicted molar refractivity (Wildman–Crippen MR) is 111 cm³/mol. The number of piperidine rings is 1. The van der Waals surface area contributed by atoms with Gasteiger partial charge in [0.1, 0.15) is 5.75 Å². The largest absolute Gasteiger partial charge is 0.497 e. The van der Waals surface area contributed by atoms with Crippen molar-refractivity contribution in [3.05, 3.63) is 47.8 Å². The van der Waals surface area contributed by atoms with Crippen LogP contribution < -0.4 is 10.1 Å². The van der Waals surface area contributed by atoms with Crippen molar-refractivity contribution in [1.29, 1.82) is 0 Å². The normalized spacial score (nSPS) is 22.7. The number of aromatic nitrogens is 2. The van der Waals surface area contributed by atoms with E-state index in [-0.39, 0.29) is 30.2 Å². The highest BCUT2D eigenvalue weighted by Crippen LogP contribution is 2.33. The first-order valence-electron chi connectivity index (χ1n) is 9.77. The number of nitrogens with one attached hydrogen (secondary N) is 1. The smallest absolute Gasteiger partial charge is 0.227 e. The van der Waals surface area contributed by atoms with Crippen LogP contribution in [0.15, 0.2) is 36.7 Å². The van der Waals surface area contributed by atoms with Gasteiger partial charge in [-0.3, -0.25) is 9.48 Å². The molecule has 28 heavy (non-hydrogen) atoms. The summed E-state index contributed by atoms with van der Waals surface area (Å²) >= 11 is 0. The van der Waals surface area contributed by atoms with Crippen LogP contribution in [0.3, 0.4) is 0 Å². The first-order chi connectivity index (χ1) is 13.2. The monoisotopic (exact) mass is 404 g/mol. The summed E-state index contributed by atoms with van der Waals surface area (Å²) in [7, 11) is 3.63. The minimum atomic E-state index is 0. The zero-order valence-corrected chi connectivity index (χ0v) is 17.3. The molecule has 2 fully saturated rings. The van der Waals surface area contributed by atoms with E-state index in [1.54, 1.807) is 7.11 Å². The summed E-state index contributed by atoms with van der Waals surface area (Å²) in [4.78, 5) is 15.2. The first-order valence-corrected chi connectivity index (χ1v) is 9.77. The maximum Gasteiger partial charge on any atom is 0.227 e. The maximum absolute atomic E-state index is 13.2. The Kier molecular flexibility index (Phi) is 6.62. The number of amides is 1. The van der Waals surface area contributed by atoms with Crippen LogP contribution in [0.4, 0.5) is 0 Å². The number of aryl methyl sites for hydroxylation is 1. The Labute approximate surface area is 172 Å². The summed E-state index contributed by atoms with van der Waals surface area (Å²) in [6, 6.07) is 8.33. The highest BCUT2D eigenvalue weighted by atomic mass is 35.5. The highest BCUT2D eigenvalue weighted by Gasteiger charge is 2.38. The van der Waals surface area contributed by atoms with Crippen LogP contribution >= 0.6 is 12.4 Å². The lowest BCUT2D eigenvalue weighted by molar-refractivity contribution is -0.136. The number of hydrogen-bond donors (Lipinski definition) is 1. The number of methoxy groups -OCH3 is 1. The summed E-state index contributed by atoms with van der Waals surface area (Å²) in [5, 5.41) is 7.68. The highest BCUT2D eigenvalue weighted by molar-refractivity contribution is 5.85. The van der Waals surface area contributed by atoms with Crippen molar-refractivity contribution in [3.63, 3.8) is 0 Å². The van der Waals surface area contributed by atoms with Gasteiger partial charge in [-0.25, -0.2) is 0 Å². The van der Waals surface area contributed by atoms with Gasteiger partial charge in [0.05, 0.1) is 19.2 Å². The molecule has 4 rings (SSSR count). The number of likely N-dealkylation sites (tertiary alicyclic amines) is 1. The molecule has 0 unspecified atom stereocenters. The van der Waals surface area contributed by atoms with Gasteiger partial charge in [0, 0.05) is 45.3 Å². The molecule has 1 N–H and O–H groups in total. The SMILES string of the molecule is COc1cccc(C2CCN(C(=O)[C@H]3CNC[C@@H]3c3cnn(C)c3)CC2)c1.Cl. The lowest BCUT2D eigenvalue weighted by atomic mass is 9.86. The molecule has 2 saturated heterocycles. The van der Waals surface area contributed by atoms with E-state index in [1.165, 1.54) is 5.56 Å². The molecule has 3 heterocycles. The third kappa shape index (κ3) is 4.18. The van der Waals surface area contributed by atoms with Gasteiger partial charge in [0.2, 0.25) is 5.91 Å². The summed E-state index contributed by atoms with van der Waals surface area (Å²) in [5.74, 6) is 1.94. The summed E-state index contributed by atoms with van der Waals surface area (Å²) in [6.07, 6.45) is 5.95. The Bertz CT molecular complexity index is 801. The number of ether oxygens (including phenoxy) is 1. The molecule has 7 heteroatoms. The summed E-state index contributed by atoms with van der Waals surface area (Å²) < 4.78 is 7.16. The second kappa shape index (κ2) is 8.97. The predicted octanol–water partition coefficient (Wildman–Crippen LogP) is 2.56. The van der Waals surface area contributed by atoms with E-state index in [0.717, 1.165) is 50.3 Å². The molecule has 0 saturated carbocycles. The zero-order chi connectivity index (χ0) is 18.8. The van der Waals surface area contributed by atoms with Crippen molar-refractivity contribution in [2.24, 2.45) is 13.0 Å². The Morgan fingerprint density at radius 3 is 2.68 bits per heavy atom. The number of nitrogens with zero attached hydrogens (tertiary/aromatic N) is 3. The van der Waals surface area contributed by atoms with Crippen LogP contribution in [-0.2, 0) is 11.8 Å². The number of hydrogen-bond acceptors (Lipinski definition) is 4. The standard InChI is InChI=1S/C21H28N4O2.ClH/c1-24-14-17(11-23-24)19-12-22-13-20(19)21(26)25-8-6-15(7-9-25)16-4-3-5-18(10-16)27-2;/h3-5,10-11,14-15,19-20,22H,6-9,12-13H2,1-2H3;1H/t19-,20+;/m1./s1. The minimum Gasteiger partial charge on any atom is -0.497 e. The Hall–Kier alpha value is -2.05. The van der Waals surface area contributed by atoms with Crippen LogP contribution in [0.5, 0.6) is 5.75 Å². The van der Waals surface area contributed by atoms with Gasteiger partial charge in [0.15, 0.2) is 0 Å². The Morgan fingerprint density at radius 2 is 2.00 bits per heavy atom. The van der Waals surface area contributed by atoms with E-state index in [4.69, 9.17) is 4.74 Å². The van der Waals surface area contributed by atoms with Gasteiger partial charge in [-0.05, 0) is 42.0 Å². The van der Waals surface area contributed by atoms with Crippen molar-refractivity contribution in [2.75, 3.05) is 33.3 Å². The van der Waals surface area contributed by atoms with Gasteiger partial charge in [-0.15, -0.1) is 12.4 Å². The molecule has 1 aromatic heterocycles. The van der Waals surface area contributed by atoms with E-state index >= 15 is 0 Å². The molecule has 152 valence electrons. The lowest BCUT2D eigenvalue weighted by Gasteiger charge is -2.34. The lowest BCUT2D eigenvalue weighted by Crippen LogP contribution is -2.43. The van der Waals surface area contributed by atoms with Gasteiger partial charge in [0.25, 0.3) is 0 Å². The van der Waals surface area contributed by atoms with E-state index in [2.05, 4.69) is 27.4 Å². The topological polar surface area (TPSA) is 59.4 Å². The molecule has 0 aliphatic carbocycles. The average molecular weight is 405 g/mol. The molecular formula is C21H29ClN4O2. The molecule has 2 aliphatic heterocycles. The molecule has 0 bridgehead atoms. The fourth-order valence-electron chi connectivity index (χ4n) is 4.48. The minimum absolute atomic E-state index is 0. The van der Waals surface area contributed by atoms with E-state index in [0.29, 0.717) is 5.92 Å². The summed E-state index contributed by atoms with van der Waals surface area (Å²) in [5.41, 5.74) is 2.48. The van der Waals surface area contributed by atoms with Gasteiger partial charge in [-0.2, -0.15) is 5.10 Å². The van der Waals surface area contributed by atoms with Gasteiger partial charge >= 0.3 is 0 Å². The molecule has 0 radical (unpaired) electrons. The van der Waals surface area contributed by atoms with Crippen molar-refractivity contribution < 1.29 is 9.53 Å². The van der Waals surface area contributed by atoms with Crippen LogP contribution in [0.25, 0.3) is 0 Å². The van der Waals surface area contributed by atoms with Crippen molar-refractivity contribution in [1.82, 2.24) is 20.0 Å². The molecule has 1 aromatic carbocycles. The van der Waals surface area contributed by atoms with Crippen LogP contribution in [0, 0.1) is 5.92 Å². The van der Waals surface area contributed by atoms with Gasteiger partial charge in [-0.1, -0.05) is 12.1 Å². The third-order valence-corrected chi connectivity index (χ3v) is 6.06. The van der Waals surface area contributed by atoms with Gasteiger partial charge < -0.3 is 15.0 Å². The maximum atomic E-state index is 13.2. The zero-order valence-electron chi connectivity index (χ0n) is 16.5. The van der Waals surface area contributed by atoms with E-state index in [9.17, 15) is 4.79 Å².